The highest BCUT2D eigenvalue weighted by Crippen LogP contribution is 2.23. The van der Waals surface area contributed by atoms with E-state index in [-0.39, 0.29) is 17.4 Å². The number of amides is 1. The average molecular weight is 453 g/mol. The fraction of sp³-hybridized carbons (Fsp3) is 0.381. The third kappa shape index (κ3) is 5.87. The highest BCUT2D eigenvalue weighted by atomic mass is 35.5. The van der Waals surface area contributed by atoms with Crippen molar-refractivity contribution in [1.29, 1.82) is 0 Å². The largest absolute Gasteiger partial charge is 0.492 e. The van der Waals surface area contributed by atoms with E-state index in [4.69, 9.17) is 21.1 Å². The molecule has 0 saturated carbocycles. The molecule has 1 saturated heterocycles. The number of nitrogens with one attached hydrogen (secondary N) is 1. The van der Waals surface area contributed by atoms with Gasteiger partial charge in [0.2, 0.25) is 10.0 Å². The molecule has 0 spiro atoms. The number of benzene rings is 2. The van der Waals surface area contributed by atoms with E-state index >= 15 is 0 Å². The van der Waals surface area contributed by atoms with Gasteiger partial charge in [-0.25, -0.2) is 8.42 Å². The van der Waals surface area contributed by atoms with Crippen LogP contribution >= 0.6 is 11.6 Å². The number of carbonyl (C=O) groups excluding carboxylic acids is 1. The molecule has 9 heteroatoms. The van der Waals surface area contributed by atoms with Crippen LogP contribution in [0.15, 0.2) is 53.4 Å². The van der Waals surface area contributed by atoms with Gasteiger partial charge in [-0.1, -0.05) is 11.6 Å². The maximum atomic E-state index is 12.5. The Labute approximate surface area is 182 Å². The number of hydrogen-bond donors (Lipinski definition) is 1. The summed E-state index contributed by atoms with van der Waals surface area (Å²) in [4.78, 5) is 12.4. The van der Waals surface area contributed by atoms with Gasteiger partial charge in [0.15, 0.2) is 6.10 Å². The number of rotatable bonds is 9. The van der Waals surface area contributed by atoms with Gasteiger partial charge in [-0.3, -0.25) is 4.79 Å². The topological polar surface area (TPSA) is 84.9 Å². The lowest BCUT2D eigenvalue weighted by atomic mass is 10.3. The normalized spacial score (nSPS) is 15.5. The zero-order valence-corrected chi connectivity index (χ0v) is 18.3. The summed E-state index contributed by atoms with van der Waals surface area (Å²) in [6.07, 6.45) is 1.13. The van der Waals surface area contributed by atoms with Gasteiger partial charge in [-0.15, -0.1) is 0 Å². The van der Waals surface area contributed by atoms with Crippen molar-refractivity contribution < 1.29 is 22.7 Å². The van der Waals surface area contributed by atoms with Gasteiger partial charge in [0.1, 0.15) is 18.1 Å². The molecule has 0 aromatic heterocycles. The van der Waals surface area contributed by atoms with Crippen molar-refractivity contribution >= 4 is 27.5 Å². The Morgan fingerprint density at radius 1 is 1.07 bits per heavy atom. The SMILES string of the molecule is C[C@@H](Oc1ccc(Cl)cc1)C(=O)NCCOc1ccc(S(=O)(=O)N2CCCC2)cc1. The van der Waals surface area contributed by atoms with Gasteiger partial charge in [0.25, 0.3) is 5.91 Å². The van der Waals surface area contributed by atoms with E-state index in [1.165, 1.54) is 4.31 Å². The lowest BCUT2D eigenvalue weighted by Gasteiger charge is -2.16. The predicted molar refractivity (Wildman–Crippen MR) is 114 cm³/mol. The second kappa shape index (κ2) is 10.1. The number of halogens is 1. The van der Waals surface area contributed by atoms with Crippen molar-refractivity contribution in [3.8, 4) is 11.5 Å². The lowest BCUT2D eigenvalue weighted by molar-refractivity contribution is -0.127. The second-order valence-electron chi connectivity index (χ2n) is 6.94. The Balaban J connectivity index is 1.41. The van der Waals surface area contributed by atoms with Crippen LogP contribution in [0.1, 0.15) is 19.8 Å². The van der Waals surface area contributed by atoms with E-state index < -0.39 is 16.1 Å². The van der Waals surface area contributed by atoms with E-state index in [9.17, 15) is 13.2 Å². The van der Waals surface area contributed by atoms with E-state index in [0.29, 0.717) is 36.2 Å². The van der Waals surface area contributed by atoms with Crippen LogP contribution < -0.4 is 14.8 Å². The molecule has 0 aliphatic carbocycles. The van der Waals surface area contributed by atoms with Crippen LogP contribution in [-0.2, 0) is 14.8 Å². The summed E-state index contributed by atoms with van der Waals surface area (Å²) >= 11 is 5.83. The van der Waals surface area contributed by atoms with E-state index in [0.717, 1.165) is 12.8 Å². The van der Waals surface area contributed by atoms with E-state index in [1.807, 2.05) is 0 Å². The van der Waals surface area contributed by atoms with Crippen LogP contribution in [0.25, 0.3) is 0 Å². The van der Waals surface area contributed by atoms with Gasteiger partial charge in [0, 0.05) is 18.1 Å². The first-order valence-corrected chi connectivity index (χ1v) is 11.6. The Morgan fingerprint density at radius 2 is 1.67 bits per heavy atom. The molecule has 0 unspecified atom stereocenters. The molecule has 1 N–H and O–H groups in total. The highest BCUT2D eigenvalue weighted by molar-refractivity contribution is 7.89. The molecule has 0 radical (unpaired) electrons. The summed E-state index contributed by atoms with van der Waals surface area (Å²) in [6.45, 7) is 3.34. The molecule has 1 aliphatic heterocycles. The van der Waals surface area contributed by atoms with Crippen molar-refractivity contribution in [2.75, 3.05) is 26.2 Å². The third-order valence-corrected chi connectivity index (χ3v) is 6.86. The first kappa shape index (κ1) is 22.4. The number of nitrogens with zero attached hydrogens (tertiary/aromatic N) is 1. The summed E-state index contributed by atoms with van der Waals surface area (Å²) < 4.78 is 37.7. The molecule has 2 aromatic carbocycles. The first-order valence-electron chi connectivity index (χ1n) is 9.79. The van der Waals surface area contributed by atoms with Crippen molar-refractivity contribution in [1.82, 2.24) is 9.62 Å². The minimum absolute atomic E-state index is 0.248. The van der Waals surface area contributed by atoms with Crippen LogP contribution in [0.3, 0.4) is 0 Å². The Morgan fingerprint density at radius 3 is 2.30 bits per heavy atom. The van der Waals surface area contributed by atoms with Gasteiger partial charge >= 0.3 is 0 Å². The number of sulfonamides is 1. The molecule has 7 nitrogen and oxygen atoms in total. The maximum Gasteiger partial charge on any atom is 0.260 e. The lowest BCUT2D eigenvalue weighted by Crippen LogP contribution is -2.38. The number of carbonyl (C=O) groups is 1. The monoisotopic (exact) mass is 452 g/mol. The molecule has 2 aromatic rings. The minimum atomic E-state index is -3.43. The summed E-state index contributed by atoms with van der Waals surface area (Å²) in [5.74, 6) is 0.831. The van der Waals surface area contributed by atoms with Crippen molar-refractivity contribution in [2.24, 2.45) is 0 Å². The molecule has 1 atom stereocenters. The zero-order chi connectivity index (χ0) is 21.6. The van der Waals surface area contributed by atoms with Crippen molar-refractivity contribution in [3.05, 3.63) is 53.6 Å². The second-order valence-corrected chi connectivity index (χ2v) is 9.31. The Hall–Kier alpha value is -2.29. The van der Waals surface area contributed by atoms with Crippen LogP contribution in [0.2, 0.25) is 5.02 Å². The molecule has 1 heterocycles. The summed E-state index contributed by atoms with van der Waals surface area (Å²) in [7, 11) is -3.43. The molecule has 1 amide bonds. The predicted octanol–water partition coefficient (Wildman–Crippen LogP) is 3.09. The maximum absolute atomic E-state index is 12.5. The quantitative estimate of drug-likeness (QED) is 0.591. The molecule has 1 aliphatic rings. The fourth-order valence-corrected chi connectivity index (χ4v) is 4.69. The van der Waals surface area contributed by atoms with Crippen LogP contribution in [0.4, 0.5) is 0 Å². The third-order valence-electron chi connectivity index (χ3n) is 4.69. The molecule has 0 bridgehead atoms. The van der Waals surface area contributed by atoms with Crippen LogP contribution in [-0.4, -0.2) is 51.0 Å². The van der Waals surface area contributed by atoms with Crippen molar-refractivity contribution in [2.45, 2.75) is 30.8 Å². The summed E-state index contributed by atoms with van der Waals surface area (Å²) in [5.41, 5.74) is 0. The number of hydrogen-bond acceptors (Lipinski definition) is 5. The highest BCUT2D eigenvalue weighted by Gasteiger charge is 2.26. The summed E-state index contributed by atoms with van der Waals surface area (Å²) in [5, 5.41) is 3.34. The minimum Gasteiger partial charge on any atom is -0.492 e. The fourth-order valence-electron chi connectivity index (χ4n) is 3.04. The van der Waals surface area contributed by atoms with Gasteiger partial charge in [-0.05, 0) is 68.3 Å². The van der Waals surface area contributed by atoms with Crippen molar-refractivity contribution in [3.63, 3.8) is 0 Å². The first-order chi connectivity index (χ1) is 14.4. The van der Waals surface area contributed by atoms with Gasteiger partial charge in [0.05, 0.1) is 11.4 Å². The molecular weight excluding hydrogens is 428 g/mol. The number of ether oxygens (including phenoxy) is 2. The smallest absolute Gasteiger partial charge is 0.260 e. The van der Waals surface area contributed by atoms with Crippen LogP contribution in [0.5, 0.6) is 11.5 Å². The molecule has 3 rings (SSSR count). The molecule has 1 fully saturated rings. The van der Waals surface area contributed by atoms with Gasteiger partial charge in [-0.2, -0.15) is 4.31 Å². The van der Waals surface area contributed by atoms with E-state index in [2.05, 4.69) is 5.32 Å². The Bertz CT molecular complexity index is 942. The zero-order valence-electron chi connectivity index (χ0n) is 16.7. The van der Waals surface area contributed by atoms with Gasteiger partial charge < -0.3 is 14.8 Å². The summed E-state index contributed by atoms with van der Waals surface area (Å²) in [6, 6.07) is 13.1. The molecule has 30 heavy (non-hydrogen) atoms. The Kier molecular flexibility index (Phi) is 7.58. The standard InChI is InChI=1S/C21H25ClN2O5S/c1-16(29-19-6-4-17(22)5-7-19)21(25)23-12-15-28-18-8-10-20(11-9-18)30(26,27)24-13-2-3-14-24/h4-11,16H,2-3,12-15H2,1H3,(H,23,25)/t16-/m1/s1. The molecular formula is C21H25ClN2O5S. The van der Waals surface area contributed by atoms with E-state index in [1.54, 1.807) is 55.5 Å². The van der Waals surface area contributed by atoms with Crippen LogP contribution in [0, 0.1) is 0 Å². The molecule has 162 valence electrons. The average Bonchev–Trinajstić information content (AvgIpc) is 3.29.